The number of hydrogen-bond acceptors (Lipinski definition) is 4. The van der Waals surface area contributed by atoms with Gasteiger partial charge in [-0.3, -0.25) is 9.59 Å². The fourth-order valence-electron chi connectivity index (χ4n) is 9.48. The van der Waals surface area contributed by atoms with Gasteiger partial charge in [-0.25, -0.2) is 9.13 Å². The Hall–Kier alpha value is -7.46. The van der Waals surface area contributed by atoms with Crippen LogP contribution in [0.3, 0.4) is 0 Å². The Morgan fingerprint density at radius 2 is 0.897 bits per heavy atom. The zero-order valence-electron chi connectivity index (χ0n) is 31.4. The van der Waals surface area contributed by atoms with Crippen LogP contribution in [-0.2, 0) is 22.7 Å². The topological polar surface area (TPSA) is 101 Å². The molecule has 12 rings (SSSR count). The fourth-order valence-corrected chi connectivity index (χ4v) is 9.48. The summed E-state index contributed by atoms with van der Waals surface area (Å²) in [5.41, 5.74) is 8.00. The van der Waals surface area contributed by atoms with Crippen molar-refractivity contribution in [1.29, 1.82) is 0 Å². The molecule has 0 radical (unpaired) electrons. The van der Waals surface area contributed by atoms with Crippen LogP contribution in [0, 0.1) is 0 Å². The van der Waals surface area contributed by atoms with Crippen molar-refractivity contribution in [2.24, 2.45) is 0 Å². The van der Waals surface area contributed by atoms with Gasteiger partial charge in [0.05, 0.1) is 13.1 Å². The zero-order chi connectivity index (χ0) is 38.5. The summed E-state index contributed by atoms with van der Waals surface area (Å²) >= 11 is 0. The first-order chi connectivity index (χ1) is 28.6. The largest absolute Gasteiger partial charge is 0.352 e. The molecule has 12 aromatic rings. The number of fused-ring (bicyclic) bond motifs is 12. The molecule has 58 heavy (non-hydrogen) atoms. The van der Waals surface area contributed by atoms with Crippen molar-refractivity contribution in [3.05, 3.63) is 133 Å². The van der Waals surface area contributed by atoms with E-state index in [1.165, 1.54) is 32.3 Å². The SMILES string of the molecule is O=C(CCC(=O)NCC[n+]1c2ccccc2n2nc3c(cc21)c1cccc2cccc3c21)NCC[n+]1c2ccccc2n2nc3c(cc21)c1cccc2cccc3c21. The molecular weight excluding hydrogens is 721 g/mol. The maximum Gasteiger partial charge on any atom is 0.308 e. The van der Waals surface area contributed by atoms with E-state index in [2.05, 4.69) is 129 Å². The number of nitrogens with one attached hydrogen (secondary N) is 2. The van der Waals surface area contributed by atoms with Crippen molar-refractivity contribution in [3.8, 4) is 0 Å². The standard InChI is InChI=1S/C48H34N8O2/c57-41(49-23-25-53-37-17-1-3-19-39(37)55-43(53)27-35-31-13-5-9-29-11-7-15-33(45(29)31)47(35)51-55)21-22-42(58)50-24-26-54-38-18-2-4-20-40(38)56-44(54)28-36-32-14-6-10-30-12-8-16-34(46(30)32)48(36)52-56/h1-20,27-28H,21-26H2/p+2. The van der Waals surface area contributed by atoms with E-state index in [9.17, 15) is 9.59 Å². The molecule has 2 N–H and O–H groups in total. The van der Waals surface area contributed by atoms with Gasteiger partial charge in [-0.05, 0) is 56.6 Å². The molecule has 0 bridgehead atoms. The van der Waals surface area contributed by atoms with Crippen molar-refractivity contribution in [3.63, 3.8) is 0 Å². The van der Waals surface area contributed by atoms with Gasteiger partial charge >= 0.3 is 11.3 Å². The van der Waals surface area contributed by atoms with Crippen LogP contribution in [0.2, 0.25) is 0 Å². The summed E-state index contributed by atoms with van der Waals surface area (Å²) in [6, 6.07) is 46.6. The average molecular weight is 757 g/mol. The number of aromatic nitrogens is 6. The molecule has 0 aliphatic rings. The highest BCUT2D eigenvalue weighted by atomic mass is 16.2. The van der Waals surface area contributed by atoms with E-state index >= 15 is 0 Å². The zero-order valence-corrected chi connectivity index (χ0v) is 31.4. The van der Waals surface area contributed by atoms with Crippen LogP contribution in [0.25, 0.3) is 98.3 Å². The molecule has 0 fully saturated rings. The maximum atomic E-state index is 13.1. The van der Waals surface area contributed by atoms with Crippen LogP contribution in [0.4, 0.5) is 0 Å². The highest BCUT2D eigenvalue weighted by Crippen LogP contribution is 2.39. The minimum atomic E-state index is -0.153. The van der Waals surface area contributed by atoms with Crippen molar-refractivity contribution >= 4 is 110 Å². The number of para-hydroxylation sites is 4. The number of hydrogen-bond donors (Lipinski definition) is 2. The Bertz CT molecular complexity index is 3390. The molecule has 10 nitrogen and oxygen atoms in total. The van der Waals surface area contributed by atoms with E-state index in [1.54, 1.807) is 0 Å². The molecule has 10 heteroatoms. The van der Waals surface area contributed by atoms with Gasteiger partial charge in [-0.15, -0.1) is 0 Å². The van der Waals surface area contributed by atoms with Crippen molar-refractivity contribution < 1.29 is 18.7 Å². The number of amides is 2. The molecule has 0 unspecified atom stereocenters. The Balaban J connectivity index is 0.739. The van der Waals surface area contributed by atoms with Gasteiger partial charge in [-0.2, -0.15) is 0 Å². The lowest BCUT2D eigenvalue weighted by Gasteiger charge is -2.06. The van der Waals surface area contributed by atoms with Gasteiger partial charge < -0.3 is 10.6 Å². The maximum absolute atomic E-state index is 13.1. The highest BCUT2D eigenvalue weighted by Gasteiger charge is 2.26. The van der Waals surface area contributed by atoms with E-state index in [0.29, 0.717) is 26.2 Å². The first-order valence-electron chi connectivity index (χ1n) is 19.9. The predicted molar refractivity (Wildman–Crippen MR) is 228 cm³/mol. The summed E-state index contributed by atoms with van der Waals surface area (Å²) < 4.78 is 8.47. The summed E-state index contributed by atoms with van der Waals surface area (Å²) in [4.78, 5) is 26.1. The lowest BCUT2D eigenvalue weighted by atomic mass is 10.1. The number of rotatable bonds is 9. The van der Waals surface area contributed by atoms with E-state index in [1.807, 2.05) is 33.3 Å². The predicted octanol–water partition coefficient (Wildman–Crippen LogP) is 7.37. The molecule has 0 saturated heterocycles. The summed E-state index contributed by atoms with van der Waals surface area (Å²) in [5.74, 6) is -0.307. The molecule has 0 aliphatic carbocycles. The number of benzene rings is 6. The van der Waals surface area contributed by atoms with Crippen molar-refractivity contribution in [1.82, 2.24) is 29.9 Å². The van der Waals surface area contributed by atoms with Gasteiger partial charge in [0.2, 0.25) is 22.8 Å². The van der Waals surface area contributed by atoms with Crippen molar-refractivity contribution in [2.45, 2.75) is 25.9 Å². The summed E-state index contributed by atoms with van der Waals surface area (Å²) in [7, 11) is 0. The van der Waals surface area contributed by atoms with E-state index in [0.717, 1.165) is 65.9 Å². The quantitative estimate of drug-likeness (QED) is 0.150. The number of carbonyl (C=O) groups is 2. The lowest BCUT2D eigenvalue weighted by molar-refractivity contribution is -0.644. The van der Waals surface area contributed by atoms with E-state index in [4.69, 9.17) is 10.2 Å². The van der Waals surface area contributed by atoms with Crippen LogP contribution in [0.1, 0.15) is 12.8 Å². The minimum absolute atomic E-state index is 0.110. The fraction of sp³-hybridized carbons (Fsp3) is 0.125. The lowest BCUT2D eigenvalue weighted by Crippen LogP contribution is -2.41. The average Bonchev–Trinajstić information content (AvgIpc) is 3.96. The molecule has 0 spiro atoms. The monoisotopic (exact) mass is 756 g/mol. The molecule has 0 aliphatic heterocycles. The third-order valence-corrected chi connectivity index (χ3v) is 12.0. The molecule has 8 aromatic carbocycles. The first kappa shape index (κ1) is 32.8. The summed E-state index contributed by atoms with van der Waals surface area (Å²) in [6.45, 7) is 1.96. The third-order valence-electron chi connectivity index (χ3n) is 12.0. The summed E-state index contributed by atoms with van der Waals surface area (Å²) in [5, 5.41) is 28.3. The van der Waals surface area contributed by atoms with Gasteiger partial charge in [-0.1, -0.05) is 116 Å². The Morgan fingerprint density at radius 3 is 1.34 bits per heavy atom. The van der Waals surface area contributed by atoms with Crippen LogP contribution < -0.4 is 19.8 Å². The smallest absolute Gasteiger partial charge is 0.308 e. The van der Waals surface area contributed by atoms with Gasteiger partial charge in [0.1, 0.15) is 24.1 Å². The Morgan fingerprint density at radius 1 is 0.483 bits per heavy atom. The molecule has 0 saturated carbocycles. The second-order valence-electron chi connectivity index (χ2n) is 15.3. The number of carbonyl (C=O) groups excluding carboxylic acids is 2. The second kappa shape index (κ2) is 12.5. The molecule has 2 amide bonds. The molecule has 4 aromatic heterocycles. The number of nitrogens with zero attached hydrogens (tertiary/aromatic N) is 6. The highest BCUT2D eigenvalue weighted by molar-refractivity contribution is 6.30. The Kier molecular flexibility index (Phi) is 7.07. The molecule has 278 valence electrons. The molecule has 0 atom stereocenters. The molecule has 4 heterocycles. The second-order valence-corrected chi connectivity index (χ2v) is 15.3. The van der Waals surface area contributed by atoms with Gasteiger partial charge in [0.15, 0.2) is 11.0 Å². The van der Waals surface area contributed by atoms with Crippen LogP contribution in [-0.4, -0.2) is 44.1 Å². The molecular formula is C48H36N8O2+2. The van der Waals surface area contributed by atoms with Crippen LogP contribution >= 0.6 is 0 Å². The third kappa shape index (κ3) is 4.78. The Labute approximate surface area is 330 Å². The summed E-state index contributed by atoms with van der Waals surface area (Å²) in [6.07, 6.45) is 0.219. The van der Waals surface area contributed by atoms with Gasteiger partial charge in [0, 0.05) is 46.5 Å². The van der Waals surface area contributed by atoms with Crippen LogP contribution in [0.15, 0.2) is 133 Å². The van der Waals surface area contributed by atoms with E-state index < -0.39 is 0 Å². The van der Waals surface area contributed by atoms with Crippen molar-refractivity contribution in [2.75, 3.05) is 13.1 Å². The minimum Gasteiger partial charge on any atom is -0.352 e. The van der Waals surface area contributed by atoms with E-state index in [-0.39, 0.29) is 24.7 Å². The first-order valence-corrected chi connectivity index (χ1v) is 19.9. The van der Waals surface area contributed by atoms with Crippen LogP contribution in [0.5, 0.6) is 0 Å². The normalized spacial score (nSPS) is 12.3. The van der Waals surface area contributed by atoms with Gasteiger partial charge in [0.25, 0.3) is 0 Å². The number of imidazole rings is 2.